The Balaban J connectivity index is 1.87. The number of hydrogen-bond acceptors (Lipinski definition) is 2. The first-order valence-corrected chi connectivity index (χ1v) is 7.81. The minimum atomic E-state index is -0.168. The summed E-state index contributed by atoms with van der Waals surface area (Å²) in [5.41, 5.74) is 2.30. The van der Waals surface area contributed by atoms with Crippen LogP contribution in [0.1, 0.15) is 25.0 Å². The number of halogens is 1. The van der Waals surface area contributed by atoms with Crippen molar-refractivity contribution in [3.63, 3.8) is 0 Å². The van der Waals surface area contributed by atoms with E-state index in [0.717, 1.165) is 17.9 Å². The summed E-state index contributed by atoms with van der Waals surface area (Å²) >= 11 is 1.73. The molecule has 0 spiro atoms. The summed E-state index contributed by atoms with van der Waals surface area (Å²) in [7, 11) is 0. The van der Waals surface area contributed by atoms with Gasteiger partial charge in [-0.15, -0.1) is 11.8 Å². The van der Waals surface area contributed by atoms with E-state index in [1.165, 1.54) is 16.5 Å². The molecule has 0 saturated carbocycles. The van der Waals surface area contributed by atoms with Gasteiger partial charge in [-0.2, -0.15) is 0 Å². The zero-order chi connectivity index (χ0) is 14.4. The SMILES string of the molecule is CC(C)NCc1ccc(SCc2cccc(F)c2)cc1. The number of benzene rings is 2. The molecule has 0 unspecified atom stereocenters. The van der Waals surface area contributed by atoms with Gasteiger partial charge >= 0.3 is 0 Å². The lowest BCUT2D eigenvalue weighted by Gasteiger charge is -2.08. The zero-order valence-corrected chi connectivity index (χ0v) is 12.7. The van der Waals surface area contributed by atoms with Crippen molar-refractivity contribution in [2.24, 2.45) is 0 Å². The Morgan fingerprint density at radius 1 is 1.05 bits per heavy atom. The molecule has 3 heteroatoms. The third-order valence-corrected chi connectivity index (χ3v) is 4.02. The summed E-state index contributed by atoms with van der Waals surface area (Å²) in [4.78, 5) is 1.21. The minimum absolute atomic E-state index is 0.168. The number of nitrogens with one attached hydrogen (secondary N) is 1. The molecule has 0 saturated heterocycles. The average Bonchev–Trinajstić information content (AvgIpc) is 2.44. The Morgan fingerprint density at radius 2 is 1.80 bits per heavy atom. The van der Waals surface area contributed by atoms with Gasteiger partial charge in [-0.05, 0) is 35.4 Å². The Morgan fingerprint density at radius 3 is 2.45 bits per heavy atom. The molecule has 2 aromatic rings. The van der Waals surface area contributed by atoms with Gasteiger partial charge in [0.1, 0.15) is 5.82 Å². The van der Waals surface area contributed by atoms with E-state index in [0.29, 0.717) is 6.04 Å². The van der Waals surface area contributed by atoms with Crippen LogP contribution in [0.25, 0.3) is 0 Å². The second-order valence-electron chi connectivity index (χ2n) is 5.10. The van der Waals surface area contributed by atoms with Gasteiger partial charge in [0.2, 0.25) is 0 Å². The number of rotatable bonds is 6. The van der Waals surface area contributed by atoms with E-state index in [2.05, 4.69) is 43.4 Å². The molecule has 0 aliphatic rings. The van der Waals surface area contributed by atoms with Crippen LogP contribution in [0.3, 0.4) is 0 Å². The summed E-state index contributed by atoms with van der Waals surface area (Å²) in [6.45, 7) is 5.18. The van der Waals surface area contributed by atoms with Gasteiger partial charge in [0, 0.05) is 23.2 Å². The molecule has 0 fully saturated rings. The highest BCUT2D eigenvalue weighted by Gasteiger charge is 1.99. The molecule has 20 heavy (non-hydrogen) atoms. The van der Waals surface area contributed by atoms with Gasteiger partial charge < -0.3 is 5.32 Å². The fourth-order valence-electron chi connectivity index (χ4n) is 1.82. The standard InChI is InChI=1S/C17H20FNS/c1-13(2)19-11-14-6-8-17(9-7-14)20-12-15-4-3-5-16(18)10-15/h3-10,13,19H,11-12H2,1-2H3. The molecular weight excluding hydrogens is 269 g/mol. The lowest BCUT2D eigenvalue weighted by Crippen LogP contribution is -2.21. The predicted molar refractivity (Wildman–Crippen MR) is 84.4 cm³/mol. The van der Waals surface area contributed by atoms with Gasteiger partial charge in [-0.25, -0.2) is 4.39 Å². The molecule has 0 aromatic heterocycles. The maximum atomic E-state index is 13.1. The quantitative estimate of drug-likeness (QED) is 0.779. The van der Waals surface area contributed by atoms with Gasteiger partial charge in [0.05, 0.1) is 0 Å². The van der Waals surface area contributed by atoms with Gasteiger partial charge in [-0.1, -0.05) is 38.1 Å². The molecule has 0 radical (unpaired) electrons. The van der Waals surface area contributed by atoms with Crippen molar-refractivity contribution >= 4 is 11.8 Å². The lowest BCUT2D eigenvalue weighted by atomic mass is 10.2. The van der Waals surface area contributed by atoms with Crippen molar-refractivity contribution in [1.82, 2.24) is 5.32 Å². The molecule has 2 rings (SSSR count). The van der Waals surface area contributed by atoms with Crippen molar-refractivity contribution < 1.29 is 4.39 Å². The maximum absolute atomic E-state index is 13.1. The van der Waals surface area contributed by atoms with Crippen LogP contribution in [0, 0.1) is 5.82 Å². The molecule has 0 aliphatic heterocycles. The fourth-order valence-corrected chi connectivity index (χ4v) is 2.66. The van der Waals surface area contributed by atoms with Crippen LogP contribution in [-0.4, -0.2) is 6.04 Å². The Hall–Kier alpha value is -1.32. The molecule has 2 aromatic carbocycles. The van der Waals surface area contributed by atoms with Crippen LogP contribution >= 0.6 is 11.8 Å². The van der Waals surface area contributed by atoms with Gasteiger partial charge in [0.15, 0.2) is 0 Å². The molecule has 0 atom stereocenters. The molecule has 0 amide bonds. The predicted octanol–water partition coefficient (Wildman–Crippen LogP) is 4.62. The van der Waals surface area contributed by atoms with E-state index in [4.69, 9.17) is 0 Å². The molecule has 1 N–H and O–H groups in total. The van der Waals surface area contributed by atoms with Crippen molar-refractivity contribution in [3.8, 4) is 0 Å². The summed E-state index contributed by atoms with van der Waals surface area (Å²) in [5, 5.41) is 3.40. The smallest absolute Gasteiger partial charge is 0.123 e. The van der Waals surface area contributed by atoms with Gasteiger partial charge in [0.25, 0.3) is 0 Å². The Labute approximate surface area is 124 Å². The van der Waals surface area contributed by atoms with E-state index >= 15 is 0 Å². The highest BCUT2D eigenvalue weighted by molar-refractivity contribution is 7.98. The highest BCUT2D eigenvalue weighted by Crippen LogP contribution is 2.23. The summed E-state index contributed by atoms with van der Waals surface area (Å²) in [6.07, 6.45) is 0. The van der Waals surface area contributed by atoms with E-state index in [1.54, 1.807) is 23.9 Å². The molecule has 0 bridgehead atoms. The van der Waals surface area contributed by atoms with Crippen LogP contribution in [0.4, 0.5) is 4.39 Å². The van der Waals surface area contributed by atoms with E-state index < -0.39 is 0 Å². The third-order valence-electron chi connectivity index (χ3n) is 2.93. The third kappa shape index (κ3) is 4.99. The zero-order valence-electron chi connectivity index (χ0n) is 11.9. The summed E-state index contributed by atoms with van der Waals surface area (Å²) in [6, 6.07) is 15.8. The Kier molecular flexibility index (Phi) is 5.62. The van der Waals surface area contributed by atoms with Crippen LogP contribution in [0.15, 0.2) is 53.4 Å². The first-order chi connectivity index (χ1) is 9.63. The van der Waals surface area contributed by atoms with Crippen molar-refractivity contribution in [2.75, 3.05) is 0 Å². The van der Waals surface area contributed by atoms with Crippen LogP contribution in [0.5, 0.6) is 0 Å². The van der Waals surface area contributed by atoms with E-state index in [-0.39, 0.29) is 5.82 Å². The largest absolute Gasteiger partial charge is 0.310 e. The van der Waals surface area contributed by atoms with E-state index in [9.17, 15) is 4.39 Å². The van der Waals surface area contributed by atoms with Gasteiger partial charge in [-0.3, -0.25) is 0 Å². The summed E-state index contributed by atoms with van der Waals surface area (Å²) in [5.74, 6) is 0.625. The summed E-state index contributed by atoms with van der Waals surface area (Å²) < 4.78 is 13.1. The van der Waals surface area contributed by atoms with Crippen molar-refractivity contribution in [1.29, 1.82) is 0 Å². The minimum Gasteiger partial charge on any atom is -0.310 e. The highest BCUT2D eigenvalue weighted by atomic mass is 32.2. The van der Waals surface area contributed by atoms with E-state index in [1.807, 2.05) is 6.07 Å². The fraction of sp³-hybridized carbons (Fsp3) is 0.294. The van der Waals surface area contributed by atoms with Crippen molar-refractivity contribution in [3.05, 3.63) is 65.5 Å². The molecule has 0 heterocycles. The number of thioether (sulfide) groups is 1. The van der Waals surface area contributed by atoms with Crippen LogP contribution in [0.2, 0.25) is 0 Å². The average molecular weight is 289 g/mol. The number of hydrogen-bond donors (Lipinski definition) is 1. The topological polar surface area (TPSA) is 12.0 Å². The van der Waals surface area contributed by atoms with Crippen LogP contribution in [-0.2, 0) is 12.3 Å². The normalized spacial score (nSPS) is 11.0. The first kappa shape index (κ1) is 15.1. The van der Waals surface area contributed by atoms with Crippen molar-refractivity contribution in [2.45, 2.75) is 37.1 Å². The second-order valence-corrected chi connectivity index (χ2v) is 6.15. The second kappa shape index (κ2) is 7.46. The molecule has 0 aliphatic carbocycles. The molecule has 1 nitrogen and oxygen atoms in total. The maximum Gasteiger partial charge on any atom is 0.123 e. The lowest BCUT2D eigenvalue weighted by molar-refractivity contribution is 0.588. The molecule has 106 valence electrons. The monoisotopic (exact) mass is 289 g/mol. The van der Waals surface area contributed by atoms with Crippen LogP contribution < -0.4 is 5.32 Å². The first-order valence-electron chi connectivity index (χ1n) is 6.83. The molecular formula is C17H20FNS. The Bertz CT molecular complexity index is 537.